The molecule has 2 unspecified atom stereocenters. The number of thiazole rings is 1. The maximum atomic E-state index is 14.4. The van der Waals surface area contributed by atoms with Crippen molar-refractivity contribution in [2.24, 2.45) is 23.7 Å². The van der Waals surface area contributed by atoms with Crippen LogP contribution in [-0.4, -0.2) is 133 Å². The van der Waals surface area contributed by atoms with Gasteiger partial charge in [-0.05, 0) is 75.2 Å². The molecule has 1 fully saturated rings. The Kier molecular flexibility index (Phi) is 21.8. The van der Waals surface area contributed by atoms with Crippen molar-refractivity contribution in [3.05, 3.63) is 52.0 Å². The lowest BCUT2D eigenvalue weighted by Gasteiger charge is -2.37. The molecule has 2 aromatic rings. The van der Waals surface area contributed by atoms with E-state index in [1.165, 1.54) is 37.4 Å². The fourth-order valence-electron chi connectivity index (χ4n) is 8.74. The van der Waals surface area contributed by atoms with Crippen molar-refractivity contribution in [2.75, 3.05) is 32.5 Å². The van der Waals surface area contributed by atoms with E-state index in [2.05, 4.69) is 25.0 Å². The van der Waals surface area contributed by atoms with Crippen molar-refractivity contribution in [2.45, 2.75) is 130 Å². The maximum absolute atomic E-state index is 14.4. The van der Waals surface area contributed by atoms with Crippen LogP contribution >= 0.6 is 19.2 Å². The normalized spacial score (nSPS) is 17.6. The van der Waals surface area contributed by atoms with Gasteiger partial charge in [-0.3, -0.25) is 57.9 Å². The Balaban J connectivity index is 1.56. The molecule has 72 heavy (non-hydrogen) atoms. The third-order valence-electron chi connectivity index (χ3n) is 12.9. The standard InChI is InChI=1S/C48H67N6O16PS/c1-9-28(4)33(24-38(56)36-13-10-11-19-52(36)7)46(61)53(8)37(27(2)3)25-40(68-30(6)55)45-51-35(26-72-45)44(60)49-32(21-29(5)47(62)63)22-31-15-16-39(69-48(64)70-71(65,66)67)34(23-31)50-41(57)14-12-20-54-42(58)17-18-43(54)59/h15-18,23,26-29,32-33,36-37,40H,9-14,19-22,24-25H2,1-8H3,(H,49,60)(H,50,57)(H,62,63)(H2,65,66,67)/t28-,29?,32+,33-,36?,37+,40+/m0/s1. The van der Waals surface area contributed by atoms with E-state index < -0.39 is 85.3 Å². The highest BCUT2D eigenvalue weighted by Gasteiger charge is 2.38. The number of carboxylic acids is 1. The third-order valence-corrected chi connectivity index (χ3v) is 14.2. The summed E-state index contributed by atoms with van der Waals surface area (Å²) < 4.78 is 26.1. The zero-order valence-corrected chi connectivity index (χ0v) is 43.6. The van der Waals surface area contributed by atoms with Crippen LogP contribution in [0.1, 0.15) is 126 Å². The predicted molar refractivity (Wildman–Crippen MR) is 261 cm³/mol. The van der Waals surface area contributed by atoms with E-state index in [0.717, 1.165) is 54.2 Å². The molecular weight excluding hydrogens is 980 g/mol. The number of ether oxygens (including phenoxy) is 2. The highest BCUT2D eigenvalue weighted by molar-refractivity contribution is 7.46. The van der Waals surface area contributed by atoms with Crippen molar-refractivity contribution in [1.82, 2.24) is 25.0 Å². The Morgan fingerprint density at radius 2 is 1.69 bits per heavy atom. The quantitative estimate of drug-likeness (QED) is 0.0339. The van der Waals surface area contributed by atoms with E-state index >= 15 is 0 Å². The number of likely N-dealkylation sites (N-methyl/N-ethyl adjacent to an activating group) is 1. The number of nitrogens with zero attached hydrogens (tertiary/aromatic N) is 4. The Hall–Kier alpha value is -5.87. The first-order valence-corrected chi connectivity index (χ1v) is 26.3. The molecule has 0 aliphatic carbocycles. The van der Waals surface area contributed by atoms with Gasteiger partial charge in [-0.2, -0.15) is 0 Å². The van der Waals surface area contributed by atoms with Crippen LogP contribution in [0.15, 0.2) is 35.7 Å². The zero-order chi connectivity index (χ0) is 53.6. The summed E-state index contributed by atoms with van der Waals surface area (Å²) in [6, 6.07) is 2.26. The lowest BCUT2D eigenvalue weighted by atomic mass is 9.83. The summed E-state index contributed by atoms with van der Waals surface area (Å²) in [6.07, 6.45) is 2.63. The summed E-state index contributed by atoms with van der Waals surface area (Å²) in [4.78, 5) is 143. The smallest absolute Gasteiger partial charge is 0.481 e. The van der Waals surface area contributed by atoms with Gasteiger partial charge in [0.05, 0.1) is 17.6 Å². The van der Waals surface area contributed by atoms with Crippen LogP contribution in [-0.2, 0) is 53.8 Å². The number of hydrogen-bond donors (Lipinski definition) is 5. The number of esters is 1. The first kappa shape index (κ1) is 58.7. The summed E-state index contributed by atoms with van der Waals surface area (Å²) in [5.74, 6) is -6.61. The number of aromatic nitrogens is 1. The van der Waals surface area contributed by atoms with E-state index in [0.29, 0.717) is 12.0 Å². The summed E-state index contributed by atoms with van der Waals surface area (Å²) >= 11 is 1.05. The molecular formula is C48H67N6O16PS. The predicted octanol–water partition coefficient (Wildman–Crippen LogP) is 5.43. The topological polar surface area (TPSA) is 306 Å². The minimum absolute atomic E-state index is 0.0396. The molecule has 2 aliphatic rings. The van der Waals surface area contributed by atoms with E-state index in [1.54, 1.807) is 11.9 Å². The van der Waals surface area contributed by atoms with Crippen molar-refractivity contribution in [1.29, 1.82) is 0 Å². The van der Waals surface area contributed by atoms with Crippen molar-refractivity contribution in [3.8, 4) is 5.75 Å². The molecule has 22 nitrogen and oxygen atoms in total. The largest absolute Gasteiger partial charge is 0.529 e. The van der Waals surface area contributed by atoms with Gasteiger partial charge in [0.15, 0.2) is 17.6 Å². The number of rotatable bonds is 26. The molecule has 4 rings (SSSR count). The molecule has 1 aromatic heterocycles. The second-order valence-corrected chi connectivity index (χ2v) is 20.8. The first-order valence-electron chi connectivity index (χ1n) is 23.9. The number of carboxylic acid groups (broad SMARTS) is 1. The highest BCUT2D eigenvalue weighted by atomic mass is 32.1. The number of benzene rings is 1. The molecule has 0 bridgehead atoms. The zero-order valence-electron chi connectivity index (χ0n) is 41.9. The number of imide groups is 1. The van der Waals surface area contributed by atoms with Crippen molar-refractivity contribution >= 4 is 78.3 Å². The fraction of sp³-hybridized carbons (Fsp3) is 0.583. The van der Waals surface area contributed by atoms with Gasteiger partial charge in [0.25, 0.3) is 17.7 Å². The molecule has 0 saturated carbocycles. The number of carbonyl (C=O) groups excluding carboxylic acids is 8. The van der Waals surface area contributed by atoms with Crippen LogP contribution in [0.25, 0.3) is 0 Å². The summed E-state index contributed by atoms with van der Waals surface area (Å²) in [5, 5.41) is 16.9. The monoisotopic (exact) mass is 1050 g/mol. The minimum Gasteiger partial charge on any atom is -0.481 e. The molecule has 24 heteroatoms. The number of likely N-dealkylation sites (tertiary alicyclic amines) is 1. The van der Waals surface area contributed by atoms with Crippen molar-refractivity contribution < 1.29 is 76.6 Å². The van der Waals surface area contributed by atoms with Gasteiger partial charge >= 0.3 is 25.9 Å². The maximum Gasteiger partial charge on any atom is 0.529 e. The molecule has 2 aliphatic heterocycles. The van der Waals surface area contributed by atoms with Gasteiger partial charge < -0.3 is 34.6 Å². The molecule has 0 radical (unpaired) electrons. The lowest BCUT2D eigenvalue weighted by molar-refractivity contribution is -0.150. The SMILES string of the molecule is CC[C@H](C)[C@H](CC(=O)C1CCCCN1C)C(=O)N(C)[C@H](C[C@@H](OC(C)=O)c1nc(C(=O)N[C@@H](Cc2ccc(OC(=O)OP(=O)(O)O)c(NC(=O)CCCN3C(=O)C=CC3=O)c2)CC(C)C(=O)O)cs1)C(C)C. The Morgan fingerprint density at radius 3 is 2.29 bits per heavy atom. The second-order valence-electron chi connectivity index (χ2n) is 18.7. The number of phosphoric acid groups is 1. The highest BCUT2D eigenvalue weighted by Crippen LogP contribution is 2.38. The number of carbonyl (C=O) groups is 9. The van der Waals surface area contributed by atoms with Gasteiger partial charge in [-0.25, -0.2) is 14.3 Å². The minimum atomic E-state index is -5.34. The molecule has 0 spiro atoms. The molecule has 396 valence electrons. The molecule has 1 saturated heterocycles. The molecule has 7 atom stereocenters. The van der Waals surface area contributed by atoms with E-state index in [9.17, 15) is 52.8 Å². The van der Waals surface area contributed by atoms with Crippen LogP contribution in [0.4, 0.5) is 10.5 Å². The molecule has 5 amide bonds. The van der Waals surface area contributed by atoms with Crippen LogP contribution < -0.4 is 15.4 Å². The number of aliphatic carboxylic acids is 1. The number of phosphoric ester groups is 1. The third kappa shape index (κ3) is 17.4. The van der Waals surface area contributed by atoms with Gasteiger partial charge in [-0.1, -0.05) is 53.5 Å². The molecule has 3 heterocycles. The Labute approximate surface area is 422 Å². The van der Waals surface area contributed by atoms with Crippen LogP contribution in [0.2, 0.25) is 0 Å². The van der Waals surface area contributed by atoms with Crippen molar-refractivity contribution in [3.63, 3.8) is 0 Å². The average molecular weight is 1050 g/mol. The van der Waals surface area contributed by atoms with Crippen LogP contribution in [0, 0.1) is 23.7 Å². The van der Waals surface area contributed by atoms with E-state index in [1.807, 2.05) is 34.7 Å². The first-order chi connectivity index (χ1) is 33.8. The fourth-order valence-corrected chi connectivity index (χ4v) is 9.81. The van der Waals surface area contributed by atoms with E-state index in [4.69, 9.17) is 19.3 Å². The number of ketones is 1. The van der Waals surface area contributed by atoms with Gasteiger partial charge in [0, 0.05) is 75.3 Å². The van der Waals surface area contributed by atoms with Gasteiger partial charge in [0.1, 0.15) is 10.7 Å². The number of hydrogen-bond acceptors (Lipinski definition) is 16. The Morgan fingerprint density at radius 1 is 1.01 bits per heavy atom. The number of anilines is 1. The lowest BCUT2D eigenvalue weighted by Crippen LogP contribution is -2.48. The number of amides is 5. The van der Waals surface area contributed by atoms with Crippen LogP contribution in [0.5, 0.6) is 5.75 Å². The number of Topliss-reactive ketones (excluding diaryl/α,β-unsaturated/α-hetero) is 1. The number of piperidine rings is 1. The molecule has 5 N–H and O–H groups in total. The number of nitrogens with one attached hydrogen (secondary N) is 2. The molecule has 1 aromatic carbocycles. The van der Waals surface area contributed by atoms with E-state index in [-0.39, 0.29) is 91.0 Å². The average Bonchev–Trinajstić information content (AvgIpc) is 3.92. The van der Waals surface area contributed by atoms with Gasteiger partial charge in [-0.15, -0.1) is 11.3 Å². The van der Waals surface area contributed by atoms with Gasteiger partial charge in [0.2, 0.25) is 11.8 Å². The van der Waals surface area contributed by atoms with Crippen LogP contribution in [0.3, 0.4) is 0 Å². The summed E-state index contributed by atoms with van der Waals surface area (Å²) in [7, 11) is -1.72. The summed E-state index contributed by atoms with van der Waals surface area (Å²) in [6.45, 7) is 11.2. The Bertz CT molecular complexity index is 2390. The summed E-state index contributed by atoms with van der Waals surface area (Å²) in [5.41, 5.74) is 0.0919. The second kappa shape index (κ2) is 26.7.